The van der Waals surface area contributed by atoms with Crippen LogP contribution in [0.5, 0.6) is 5.75 Å². The van der Waals surface area contributed by atoms with Gasteiger partial charge in [0.2, 0.25) is 0 Å². The lowest BCUT2D eigenvalue weighted by molar-refractivity contribution is 0.145. The number of nitrogens with zero attached hydrogens (tertiary/aromatic N) is 1. The van der Waals surface area contributed by atoms with Crippen molar-refractivity contribution >= 4 is 5.96 Å². The maximum absolute atomic E-state index is 5.37. The highest BCUT2D eigenvalue weighted by molar-refractivity contribution is 5.79. The number of methoxy groups -OCH3 is 1. The summed E-state index contributed by atoms with van der Waals surface area (Å²) in [6.07, 6.45) is 3.45. The SMILES string of the molecule is CCOCCCNC(=NCc1ccc(OC)cc1)NCCc1ccco1. The Labute approximate surface area is 155 Å². The van der Waals surface area contributed by atoms with Gasteiger partial charge in [0.1, 0.15) is 11.5 Å². The summed E-state index contributed by atoms with van der Waals surface area (Å²) in [6, 6.07) is 11.8. The third-order valence-electron chi connectivity index (χ3n) is 3.78. The summed E-state index contributed by atoms with van der Waals surface area (Å²) < 4.78 is 15.9. The number of nitrogens with one attached hydrogen (secondary N) is 2. The summed E-state index contributed by atoms with van der Waals surface area (Å²) in [5.41, 5.74) is 1.13. The molecule has 2 rings (SSSR count). The van der Waals surface area contributed by atoms with E-state index >= 15 is 0 Å². The van der Waals surface area contributed by atoms with E-state index in [2.05, 4.69) is 15.6 Å². The van der Waals surface area contributed by atoms with Gasteiger partial charge in [-0.3, -0.25) is 0 Å². The number of benzene rings is 1. The highest BCUT2D eigenvalue weighted by Crippen LogP contribution is 2.11. The standard InChI is InChI=1S/C20H29N3O3/c1-3-25-14-5-12-21-20(22-13-11-19-6-4-15-26-19)23-16-17-7-9-18(24-2)10-8-17/h4,6-10,15H,3,5,11-14,16H2,1-2H3,(H2,21,22,23). The zero-order valence-corrected chi connectivity index (χ0v) is 15.7. The van der Waals surface area contributed by atoms with Crippen LogP contribution in [-0.2, 0) is 17.7 Å². The van der Waals surface area contributed by atoms with E-state index in [4.69, 9.17) is 13.9 Å². The molecule has 0 fully saturated rings. The second-order valence-corrected chi connectivity index (χ2v) is 5.75. The fourth-order valence-electron chi connectivity index (χ4n) is 2.36. The molecular weight excluding hydrogens is 330 g/mol. The van der Waals surface area contributed by atoms with Crippen LogP contribution in [0.2, 0.25) is 0 Å². The van der Waals surface area contributed by atoms with Crippen molar-refractivity contribution in [3.63, 3.8) is 0 Å². The highest BCUT2D eigenvalue weighted by Gasteiger charge is 2.01. The predicted octanol–water partition coefficient (Wildman–Crippen LogP) is 2.99. The molecule has 1 aromatic heterocycles. The van der Waals surface area contributed by atoms with Crippen molar-refractivity contribution in [2.24, 2.45) is 4.99 Å². The first-order chi connectivity index (χ1) is 12.8. The quantitative estimate of drug-likeness (QED) is 0.367. The molecule has 0 saturated carbocycles. The minimum Gasteiger partial charge on any atom is -0.497 e. The number of guanidine groups is 1. The Hall–Kier alpha value is -2.47. The zero-order chi connectivity index (χ0) is 18.5. The van der Waals surface area contributed by atoms with Crippen molar-refractivity contribution in [2.75, 3.05) is 33.4 Å². The first-order valence-electron chi connectivity index (χ1n) is 9.07. The average Bonchev–Trinajstić information content (AvgIpc) is 3.19. The van der Waals surface area contributed by atoms with Crippen LogP contribution in [0.1, 0.15) is 24.7 Å². The van der Waals surface area contributed by atoms with Gasteiger partial charge in [0, 0.05) is 32.7 Å². The topological polar surface area (TPSA) is 68.0 Å². The van der Waals surface area contributed by atoms with Crippen LogP contribution in [0.15, 0.2) is 52.1 Å². The number of hydrogen-bond donors (Lipinski definition) is 2. The molecule has 1 aromatic carbocycles. The number of aliphatic imine (C=N–C) groups is 1. The molecule has 0 radical (unpaired) electrons. The van der Waals surface area contributed by atoms with E-state index in [1.54, 1.807) is 13.4 Å². The first-order valence-corrected chi connectivity index (χ1v) is 9.07. The van der Waals surface area contributed by atoms with Gasteiger partial charge in [-0.05, 0) is 43.2 Å². The molecule has 0 unspecified atom stereocenters. The molecule has 2 N–H and O–H groups in total. The molecular formula is C20H29N3O3. The number of furan rings is 1. The molecule has 6 heteroatoms. The minimum atomic E-state index is 0.603. The summed E-state index contributed by atoms with van der Waals surface area (Å²) in [7, 11) is 1.67. The van der Waals surface area contributed by atoms with Crippen molar-refractivity contribution in [3.05, 3.63) is 54.0 Å². The second-order valence-electron chi connectivity index (χ2n) is 5.75. The van der Waals surface area contributed by atoms with Crippen LogP contribution in [0.3, 0.4) is 0 Å². The van der Waals surface area contributed by atoms with Crippen molar-refractivity contribution in [1.29, 1.82) is 0 Å². The maximum atomic E-state index is 5.37. The predicted molar refractivity (Wildman–Crippen MR) is 104 cm³/mol. The van der Waals surface area contributed by atoms with Gasteiger partial charge >= 0.3 is 0 Å². The Morgan fingerprint density at radius 1 is 1.12 bits per heavy atom. The molecule has 2 aromatic rings. The minimum absolute atomic E-state index is 0.603. The van der Waals surface area contributed by atoms with Crippen molar-refractivity contribution < 1.29 is 13.9 Å². The molecule has 0 amide bonds. The first kappa shape index (κ1) is 19.8. The lowest BCUT2D eigenvalue weighted by Gasteiger charge is -2.12. The van der Waals surface area contributed by atoms with E-state index in [9.17, 15) is 0 Å². The molecule has 0 aliphatic rings. The molecule has 0 aliphatic heterocycles. The molecule has 26 heavy (non-hydrogen) atoms. The lowest BCUT2D eigenvalue weighted by atomic mass is 10.2. The number of hydrogen-bond acceptors (Lipinski definition) is 4. The van der Waals surface area contributed by atoms with Gasteiger partial charge in [-0.1, -0.05) is 12.1 Å². The Morgan fingerprint density at radius 3 is 2.62 bits per heavy atom. The Morgan fingerprint density at radius 2 is 1.92 bits per heavy atom. The van der Waals surface area contributed by atoms with Gasteiger partial charge in [0.15, 0.2) is 5.96 Å². The van der Waals surface area contributed by atoms with Gasteiger partial charge in [-0.2, -0.15) is 0 Å². The van der Waals surface area contributed by atoms with Gasteiger partial charge in [0.05, 0.1) is 19.9 Å². The van der Waals surface area contributed by atoms with E-state index < -0.39 is 0 Å². The average molecular weight is 359 g/mol. The van der Waals surface area contributed by atoms with E-state index in [0.717, 1.165) is 62.2 Å². The smallest absolute Gasteiger partial charge is 0.191 e. The highest BCUT2D eigenvalue weighted by atomic mass is 16.5. The van der Waals surface area contributed by atoms with Crippen LogP contribution in [0.25, 0.3) is 0 Å². The van der Waals surface area contributed by atoms with Crippen LogP contribution >= 0.6 is 0 Å². The van der Waals surface area contributed by atoms with E-state index in [1.165, 1.54) is 0 Å². The second kappa shape index (κ2) is 12.0. The third kappa shape index (κ3) is 7.61. The summed E-state index contributed by atoms with van der Waals surface area (Å²) in [5.74, 6) is 2.61. The Bertz CT molecular complexity index is 624. The molecule has 0 bridgehead atoms. The number of rotatable bonds is 11. The van der Waals surface area contributed by atoms with Crippen LogP contribution in [0.4, 0.5) is 0 Å². The zero-order valence-electron chi connectivity index (χ0n) is 15.7. The maximum Gasteiger partial charge on any atom is 0.191 e. The molecule has 0 aliphatic carbocycles. The Kier molecular flexibility index (Phi) is 9.14. The molecule has 0 saturated heterocycles. The Balaban J connectivity index is 1.84. The van der Waals surface area contributed by atoms with E-state index in [1.807, 2.05) is 43.3 Å². The van der Waals surface area contributed by atoms with Crippen LogP contribution in [0, 0.1) is 0 Å². The summed E-state index contributed by atoms with van der Waals surface area (Å²) in [4.78, 5) is 4.67. The van der Waals surface area contributed by atoms with Crippen molar-refractivity contribution in [1.82, 2.24) is 10.6 Å². The molecule has 0 atom stereocenters. The third-order valence-corrected chi connectivity index (χ3v) is 3.78. The van der Waals surface area contributed by atoms with Crippen LogP contribution in [-0.4, -0.2) is 39.4 Å². The molecule has 142 valence electrons. The summed E-state index contributed by atoms with van der Waals surface area (Å²) in [5, 5.41) is 6.71. The largest absolute Gasteiger partial charge is 0.497 e. The molecule has 1 heterocycles. The molecule has 0 spiro atoms. The monoisotopic (exact) mass is 359 g/mol. The van der Waals surface area contributed by atoms with E-state index in [0.29, 0.717) is 6.54 Å². The van der Waals surface area contributed by atoms with Gasteiger partial charge in [0.25, 0.3) is 0 Å². The molecule has 6 nitrogen and oxygen atoms in total. The fourth-order valence-corrected chi connectivity index (χ4v) is 2.36. The van der Waals surface area contributed by atoms with Gasteiger partial charge < -0.3 is 24.5 Å². The lowest BCUT2D eigenvalue weighted by Crippen LogP contribution is -2.39. The normalized spacial score (nSPS) is 11.4. The summed E-state index contributed by atoms with van der Waals surface area (Å²) in [6.45, 7) is 5.68. The van der Waals surface area contributed by atoms with Gasteiger partial charge in [-0.15, -0.1) is 0 Å². The number of ether oxygens (including phenoxy) is 2. The van der Waals surface area contributed by atoms with Crippen molar-refractivity contribution in [3.8, 4) is 5.75 Å². The summed E-state index contributed by atoms with van der Waals surface area (Å²) >= 11 is 0. The van der Waals surface area contributed by atoms with Crippen molar-refractivity contribution in [2.45, 2.75) is 26.3 Å². The van der Waals surface area contributed by atoms with Crippen LogP contribution < -0.4 is 15.4 Å². The van der Waals surface area contributed by atoms with Gasteiger partial charge in [-0.25, -0.2) is 4.99 Å². The van der Waals surface area contributed by atoms with E-state index in [-0.39, 0.29) is 0 Å². The fraction of sp³-hybridized carbons (Fsp3) is 0.450.